The van der Waals surface area contributed by atoms with E-state index < -0.39 is 0 Å². The highest BCUT2D eigenvalue weighted by atomic mass is 79.9. The number of rotatable bonds is 5. The molecule has 0 fully saturated rings. The maximum Gasteiger partial charge on any atom is 0.128 e. The first-order chi connectivity index (χ1) is 10.0. The number of halogens is 2. The van der Waals surface area contributed by atoms with E-state index in [1.54, 1.807) is 19.2 Å². The predicted octanol–water partition coefficient (Wildman–Crippen LogP) is 3.65. The maximum atomic E-state index is 14.0. The van der Waals surface area contributed by atoms with Crippen molar-refractivity contribution in [1.82, 2.24) is 5.43 Å². The smallest absolute Gasteiger partial charge is 0.128 e. The number of methoxy groups -OCH3 is 1. The van der Waals surface area contributed by atoms with Crippen molar-refractivity contribution >= 4 is 15.9 Å². The summed E-state index contributed by atoms with van der Waals surface area (Å²) in [6, 6.07) is 10.4. The van der Waals surface area contributed by atoms with Gasteiger partial charge in [0.15, 0.2) is 0 Å². The van der Waals surface area contributed by atoms with E-state index in [-0.39, 0.29) is 11.9 Å². The maximum absolute atomic E-state index is 14.0. The average Bonchev–Trinajstić information content (AvgIpc) is 2.47. The zero-order chi connectivity index (χ0) is 15.4. The first-order valence-corrected chi connectivity index (χ1v) is 7.39. The van der Waals surface area contributed by atoms with Crippen LogP contribution in [0.1, 0.15) is 22.7 Å². The van der Waals surface area contributed by atoms with E-state index in [4.69, 9.17) is 10.6 Å². The summed E-state index contributed by atoms with van der Waals surface area (Å²) in [5, 5.41) is 0. The summed E-state index contributed by atoms with van der Waals surface area (Å²) >= 11 is 3.36. The second kappa shape index (κ2) is 7.02. The molecule has 21 heavy (non-hydrogen) atoms. The molecule has 0 aliphatic rings. The number of hydrogen-bond donors (Lipinski definition) is 2. The van der Waals surface area contributed by atoms with E-state index in [2.05, 4.69) is 21.4 Å². The number of nitrogens with one attached hydrogen (secondary N) is 1. The minimum Gasteiger partial charge on any atom is -0.496 e. The zero-order valence-electron chi connectivity index (χ0n) is 12.0. The van der Waals surface area contributed by atoms with E-state index in [0.717, 1.165) is 21.3 Å². The molecule has 2 aromatic rings. The van der Waals surface area contributed by atoms with Crippen molar-refractivity contribution in [2.75, 3.05) is 7.11 Å². The van der Waals surface area contributed by atoms with Crippen LogP contribution in [0.3, 0.4) is 0 Å². The summed E-state index contributed by atoms with van der Waals surface area (Å²) in [7, 11) is 1.62. The molecular formula is C16H18BrFN2O. The van der Waals surface area contributed by atoms with E-state index in [0.29, 0.717) is 12.0 Å². The highest BCUT2D eigenvalue weighted by Crippen LogP contribution is 2.28. The molecule has 1 unspecified atom stereocenters. The van der Waals surface area contributed by atoms with E-state index in [9.17, 15) is 4.39 Å². The summed E-state index contributed by atoms with van der Waals surface area (Å²) in [4.78, 5) is 0. The van der Waals surface area contributed by atoms with E-state index >= 15 is 0 Å². The molecule has 0 bridgehead atoms. The molecule has 0 saturated carbocycles. The standard InChI is InChI=1S/C16H18BrFN2O/c1-10-3-6-16(21-2)11(7-10)8-15(20-19)13-9-12(17)4-5-14(13)18/h3-7,9,15,20H,8,19H2,1-2H3. The van der Waals surface area contributed by atoms with Gasteiger partial charge in [-0.1, -0.05) is 33.6 Å². The minimum absolute atomic E-state index is 0.284. The molecule has 0 saturated heterocycles. The van der Waals surface area contributed by atoms with Crippen LogP contribution in [0.15, 0.2) is 40.9 Å². The molecule has 0 aromatic heterocycles. The normalized spacial score (nSPS) is 12.2. The Kier molecular flexibility index (Phi) is 5.33. The lowest BCUT2D eigenvalue weighted by Gasteiger charge is -2.19. The number of hydrazine groups is 1. The van der Waals surface area contributed by atoms with Crippen molar-refractivity contribution in [2.24, 2.45) is 5.84 Å². The Balaban J connectivity index is 2.35. The quantitative estimate of drug-likeness (QED) is 0.637. The van der Waals surface area contributed by atoms with Crippen molar-refractivity contribution in [2.45, 2.75) is 19.4 Å². The van der Waals surface area contributed by atoms with Crippen molar-refractivity contribution in [1.29, 1.82) is 0 Å². The minimum atomic E-state index is -0.335. The summed E-state index contributed by atoms with van der Waals surface area (Å²) in [6.45, 7) is 2.01. The van der Waals surface area contributed by atoms with Crippen LogP contribution >= 0.6 is 15.9 Å². The van der Waals surface area contributed by atoms with Crippen LogP contribution in [0.25, 0.3) is 0 Å². The molecule has 2 aromatic carbocycles. The first kappa shape index (κ1) is 15.9. The molecule has 0 amide bonds. The number of aryl methyl sites for hydroxylation is 1. The summed E-state index contributed by atoms with van der Waals surface area (Å²) in [6.07, 6.45) is 0.536. The van der Waals surface area contributed by atoms with Gasteiger partial charge in [0.1, 0.15) is 11.6 Å². The van der Waals surface area contributed by atoms with Crippen LogP contribution < -0.4 is 16.0 Å². The number of benzene rings is 2. The third-order valence-corrected chi connectivity index (χ3v) is 3.89. The molecule has 3 nitrogen and oxygen atoms in total. The van der Waals surface area contributed by atoms with Gasteiger partial charge in [-0.3, -0.25) is 11.3 Å². The highest BCUT2D eigenvalue weighted by Gasteiger charge is 2.17. The fourth-order valence-electron chi connectivity index (χ4n) is 2.33. The first-order valence-electron chi connectivity index (χ1n) is 6.59. The molecule has 0 heterocycles. The predicted molar refractivity (Wildman–Crippen MR) is 85.6 cm³/mol. The van der Waals surface area contributed by atoms with Crippen LogP contribution in [0.4, 0.5) is 4.39 Å². The van der Waals surface area contributed by atoms with Gasteiger partial charge in [0.2, 0.25) is 0 Å². The Morgan fingerprint density at radius 3 is 2.71 bits per heavy atom. The third kappa shape index (κ3) is 3.81. The zero-order valence-corrected chi connectivity index (χ0v) is 13.6. The fraction of sp³-hybridized carbons (Fsp3) is 0.250. The number of ether oxygens (including phenoxy) is 1. The largest absolute Gasteiger partial charge is 0.496 e. The van der Waals surface area contributed by atoms with Gasteiger partial charge >= 0.3 is 0 Å². The molecule has 2 rings (SSSR count). The van der Waals surface area contributed by atoms with Crippen LogP contribution in [-0.4, -0.2) is 7.11 Å². The SMILES string of the molecule is COc1ccc(C)cc1CC(NN)c1cc(Br)ccc1F. The lowest BCUT2D eigenvalue weighted by atomic mass is 9.97. The summed E-state index contributed by atoms with van der Waals surface area (Å²) in [5.74, 6) is 6.12. The monoisotopic (exact) mass is 352 g/mol. The molecule has 0 spiro atoms. The van der Waals surface area contributed by atoms with Gasteiger partial charge < -0.3 is 4.74 Å². The Morgan fingerprint density at radius 2 is 2.05 bits per heavy atom. The Bertz CT molecular complexity index is 634. The average molecular weight is 353 g/mol. The van der Waals surface area contributed by atoms with Crippen LogP contribution in [0.5, 0.6) is 5.75 Å². The Labute approximate surface area is 132 Å². The van der Waals surface area contributed by atoms with Crippen molar-refractivity contribution < 1.29 is 9.13 Å². The van der Waals surface area contributed by atoms with Crippen molar-refractivity contribution in [3.05, 3.63) is 63.4 Å². The van der Waals surface area contributed by atoms with Crippen molar-refractivity contribution in [3.63, 3.8) is 0 Å². The Morgan fingerprint density at radius 1 is 1.29 bits per heavy atom. The van der Waals surface area contributed by atoms with Crippen molar-refractivity contribution in [3.8, 4) is 5.75 Å². The summed E-state index contributed by atoms with van der Waals surface area (Å²) in [5.41, 5.74) is 5.32. The van der Waals surface area contributed by atoms with Crippen LogP contribution in [-0.2, 0) is 6.42 Å². The molecular weight excluding hydrogens is 335 g/mol. The summed E-state index contributed by atoms with van der Waals surface area (Å²) < 4.78 is 20.2. The molecule has 0 aliphatic carbocycles. The molecule has 0 aliphatic heterocycles. The lowest BCUT2D eigenvalue weighted by molar-refractivity contribution is 0.404. The third-order valence-electron chi connectivity index (χ3n) is 3.39. The van der Waals surface area contributed by atoms with E-state index in [1.807, 2.05) is 25.1 Å². The molecule has 3 N–H and O–H groups in total. The van der Waals surface area contributed by atoms with Gasteiger partial charge in [-0.2, -0.15) is 0 Å². The number of hydrogen-bond acceptors (Lipinski definition) is 3. The van der Waals surface area contributed by atoms with Crippen LogP contribution in [0.2, 0.25) is 0 Å². The number of nitrogens with two attached hydrogens (primary N) is 1. The lowest BCUT2D eigenvalue weighted by Crippen LogP contribution is -2.30. The fourth-order valence-corrected chi connectivity index (χ4v) is 2.71. The second-order valence-electron chi connectivity index (χ2n) is 4.90. The molecule has 1 atom stereocenters. The van der Waals surface area contributed by atoms with Gasteiger partial charge in [0, 0.05) is 10.0 Å². The highest BCUT2D eigenvalue weighted by molar-refractivity contribution is 9.10. The molecule has 0 radical (unpaired) electrons. The van der Waals surface area contributed by atoms with Gasteiger partial charge in [-0.05, 0) is 43.2 Å². The van der Waals surface area contributed by atoms with Gasteiger partial charge in [0.05, 0.1) is 13.2 Å². The van der Waals surface area contributed by atoms with Crippen LogP contribution in [0, 0.1) is 12.7 Å². The second-order valence-corrected chi connectivity index (χ2v) is 5.82. The topological polar surface area (TPSA) is 47.3 Å². The van der Waals surface area contributed by atoms with Gasteiger partial charge in [0.25, 0.3) is 0 Å². The molecule has 5 heteroatoms. The molecule has 112 valence electrons. The van der Waals surface area contributed by atoms with E-state index in [1.165, 1.54) is 6.07 Å². The Hall–Kier alpha value is -1.43. The van der Waals surface area contributed by atoms with Gasteiger partial charge in [-0.15, -0.1) is 0 Å². The van der Waals surface area contributed by atoms with Gasteiger partial charge in [-0.25, -0.2) is 4.39 Å².